The lowest BCUT2D eigenvalue weighted by Crippen LogP contribution is -2.36. The molecule has 20 heavy (non-hydrogen) atoms. The number of aliphatic carboxylic acids is 1. The molecule has 0 aliphatic heterocycles. The number of nitrogens with one attached hydrogen (secondary N) is 1. The Kier molecular flexibility index (Phi) is 5.22. The second-order valence-corrected chi connectivity index (χ2v) is 6.10. The minimum atomic E-state index is -0.781. The first-order valence-corrected chi connectivity index (χ1v) is 7.53. The number of hydrogen-bond donors (Lipinski definition) is 2. The van der Waals surface area contributed by atoms with Crippen LogP contribution in [0.3, 0.4) is 0 Å². The molecule has 6 heteroatoms. The van der Waals surface area contributed by atoms with E-state index in [4.69, 9.17) is 9.84 Å². The fourth-order valence-electron chi connectivity index (χ4n) is 2.29. The third kappa shape index (κ3) is 4.36. The average Bonchev–Trinajstić information content (AvgIpc) is 2.87. The van der Waals surface area contributed by atoms with Gasteiger partial charge in [0.05, 0.1) is 5.92 Å². The zero-order valence-electron chi connectivity index (χ0n) is 10.8. The molecule has 0 saturated heterocycles. The summed E-state index contributed by atoms with van der Waals surface area (Å²) in [5, 5.41) is 11.7. The lowest BCUT2D eigenvalue weighted by molar-refractivity contribution is -0.141. The largest absolute Gasteiger partial charge is 0.484 e. The van der Waals surface area contributed by atoms with E-state index < -0.39 is 5.97 Å². The topological polar surface area (TPSA) is 75.6 Å². The molecule has 1 fully saturated rings. The Bertz CT molecular complexity index is 488. The summed E-state index contributed by atoms with van der Waals surface area (Å²) in [5.74, 6) is -0.677. The molecule has 5 nitrogen and oxygen atoms in total. The summed E-state index contributed by atoms with van der Waals surface area (Å²) in [6.45, 7) is -0.0468. The molecular weight excluding hydrogens is 373 g/mol. The minimum absolute atomic E-state index is 0.0468. The lowest BCUT2D eigenvalue weighted by atomic mass is 10.1. The molecule has 0 spiro atoms. The molecule has 1 aromatic carbocycles. The normalized spacial score (nSPS) is 21.4. The van der Waals surface area contributed by atoms with Gasteiger partial charge in [-0.15, -0.1) is 0 Å². The van der Waals surface area contributed by atoms with Gasteiger partial charge in [0.25, 0.3) is 5.91 Å². The smallest absolute Gasteiger partial charge is 0.306 e. The Hall–Kier alpha value is -1.31. The number of carboxylic acid groups (broad SMARTS) is 1. The third-order valence-corrected chi connectivity index (χ3v) is 4.05. The van der Waals surface area contributed by atoms with Crippen LogP contribution in [-0.2, 0) is 9.59 Å². The van der Waals surface area contributed by atoms with E-state index in [1.54, 1.807) is 0 Å². The predicted molar refractivity (Wildman–Crippen MR) is 81.6 cm³/mol. The van der Waals surface area contributed by atoms with Gasteiger partial charge in [-0.1, -0.05) is 0 Å². The van der Waals surface area contributed by atoms with Crippen LogP contribution in [0.5, 0.6) is 5.75 Å². The van der Waals surface area contributed by atoms with Gasteiger partial charge in [0.15, 0.2) is 6.61 Å². The van der Waals surface area contributed by atoms with Crippen molar-refractivity contribution in [3.63, 3.8) is 0 Å². The first kappa shape index (κ1) is 15.1. The summed E-state index contributed by atoms with van der Waals surface area (Å²) in [7, 11) is 0. The van der Waals surface area contributed by atoms with Gasteiger partial charge in [0.1, 0.15) is 5.75 Å². The summed E-state index contributed by atoms with van der Waals surface area (Å²) >= 11 is 2.20. The van der Waals surface area contributed by atoms with Crippen LogP contribution in [0.2, 0.25) is 0 Å². The molecule has 1 amide bonds. The molecule has 0 aromatic heterocycles. The van der Waals surface area contributed by atoms with Crippen molar-refractivity contribution in [2.45, 2.75) is 25.3 Å². The van der Waals surface area contributed by atoms with Gasteiger partial charge in [-0.3, -0.25) is 9.59 Å². The van der Waals surface area contributed by atoms with Crippen LogP contribution in [0.1, 0.15) is 19.3 Å². The van der Waals surface area contributed by atoms with E-state index in [2.05, 4.69) is 27.9 Å². The number of rotatable bonds is 5. The minimum Gasteiger partial charge on any atom is -0.484 e. The van der Waals surface area contributed by atoms with E-state index in [0.29, 0.717) is 25.0 Å². The van der Waals surface area contributed by atoms with E-state index in [9.17, 15) is 9.59 Å². The number of carbonyl (C=O) groups is 2. The highest BCUT2D eigenvalue weighted by atomic mass is 127. The van der Waals surface area contributed by atoms with Gasteiger partial charge in [0.2, 0.25) is 0 Å². The maximum Gasteiger partial charge on any atom is 0.306 e. The van der Waals surface area contributed by atoms with E-state index in [1.165, 1.54) is 0 Å². The first-order chi connectivity index (χ1) is 9.54. The zero-order valence-corrected chi connectivity index (χ0v) is 13.0. The SMILES string of the molecule is O=C(COc1ccc(I)cc1)N[C@H]1CC[C@@H](C(=O)O)C1. The van der Waals surface area contributed by atoms with Crippen molar-refractivity contribution in [2.75, 3.05) is 6.61 Å². The molecule has 0 radical (unpaired) electrons. The molecule has 108 valence electrons. The van der Waals surface area contributed by atoms with E-state index >= 15 is 0 Å². The van der Waals surface area contributed by atoms with Crippen LogP contribution >= 0.6 is 22.6 Å². The standard InChI is InChI=1S/C14H16INO4/c15-10-2-5-12(6-3-10)20-8-13(17)16-11-4-1-9(7-11)14(18)19/h2-3,5-6,9,11H,1,4,7-8H2,(H,16,17)(H,18,19)/t9-,11+/m1/s1. The lowest BCUT2D eigenvalue weighted by Gasteiger charge is -2.13. The summed E-state index contributed by atoms with van der Waals surface area (Å²) in [6.07, 6.45) is 1.84. The quantitative estimate of drug-likeness (QED) is 0.756. The maximum atomic E-state index is 11.7. The molecule has 0 bridgehead atoms. The van der Waals surface area contributed by atoms with Gasteiger partial charge in [0, 0.05) is 9.61 Å². The number of hydrogen-bond acceptors (Lipinski definition) is 3. The van der Waals surface area contributed by atoms with Crippen molar-refractivity contribution in [2.24, 2.45) is 5.92 Å². The Labute approximate surface area is 130 Å². The van der Waals surface area contributed by atoms with Crippen molar-refractivity contribution < 1.29 is 19.4 Å². The van der Waals surface area contributed by atoms with Crippen LogP contribution in [-0.4, -0.2) is 29.6 Å². The predicted octanol–water partition coefficient (Wildman–Crippen LogP) is 2.04. The van der Waals surface area contributed by atoms with E-state index in [1.807, 2.05) is 24.3 Å². The number of carboxylic acids is 1. The fraction of sp³-hybridized carbons (Fsp3) is 0.429. The molecule has 0 unspecified atom stereocenters. The van der Waals surface area contributed by atoms with E-state index in [0.717, 1.165) is 3.57 Å². The second kappa shape index (κ2) is 6.92. The van der Waals surface area contributed by atoms with Crippen molar-refractivity contribution in [1.29, 1.82) is 0 Å². The molecule has 2 N–H and O–H groups in total. The second-order valence-electron chi connectivity index (χ2n) is 4.86. The highest BCUT2D eigenvalue weighted by Gasteiger charge is 2.30. The maximum absolute atomic E-state index is 11.7. The van der Waals surface area contributed by atoms with Crippen LogP contribution in [0.4, 0.5) is 0 Å². The van der Waals surface area contributed by atoms with Gasteiger partial charge in [-0.25, -0.2) is 0 Å². The molecule has 1 aromatic rings. The monoisotopic (exact) mass is 389 g/mol. The fourth-order valence-corrected chi connectivity index (χ4v) is 2.65. The molecule has 1 aliphatic rings. The first-order valence-electron chi connectivity index (χ1n) is 6.45. The number of amides is 1. The summed E-state index contributed by atoms with van der Waals surface area (Å²) < 4.78 is 6.48. The summed E-state index contributed by atoms with van der Waals surface area (Å²) in [4.78, 5) is 22.6. The highest BCUT2D eigenvalue weighted by Crippen LogP contribution is 2.25. The number of carbonyl (C=O) groups excluding carboxylic acids is 1. The van der Waals surface area contributed by atoms with Gasteiger partial charge < -0.3 is 15.2 Å². The number of benzene rings is 1. The van der Waals surface area contributed by atoms with Crippen molar-refractivity contribution in [1.82, 2.24) is 5.32 Å². The zero-order chi connectivity index (χ0) is 14.5. The summed E-state index contributed by atoms with van der Waals surface area (Å²) in [5.41, 5.74) is 0. The molecule has 0 heterocycles. The van der Waals surface area contributed by atoms with Gasteiger partial charge in [-0.05, 0) is 66.1 Å². The number of ether oxygens (including phenoxy) is 1. The van der Waals surface area contributed by atoms with Crippen molar-refractivity contribution >= 4 is 34.5 Å². The highest BCUT2D eigenvalue weighted by molar-refractivity contribution is 14.1. The van der Waals surface area contributed by atoms with Crippen molar-refractivity contribution in [3.05, 3.63) is 27.8 Å². The van der Waals surface area contributed by atoms with Gasteiger partial charge >= 0.3 is 5.97 Å². The Morgan fingerprint density at radius 2 is 2.00 bits per heavy atom. The molecule has 2 rings (SSSR count). The third-order valence-electron chi connectivity index (χ3n) is 3.33. The molecule has 1 aliphatic carbocycles. The molecule has 1 saturated carbocycles. The van der Waals surface area contributed by atoms with Crippen LogP contribution in [0.15, 0.2) is 24.3 Å². The Morgan fingerprint density at radius 3 is 2.60 bits per heavy atom. The van der Waals surface area contributed by atoms with Gasteiger partial charge in [-0.2, -0.15) is 0 Å². The summed E-state index contributed by atoms with van der Waals surface area (Å²) in [6, 6.07) is 7.38. The van der Waals surface area contributed by atoms with Crippen LogP contribution < -0.4 is 10.1 Å². The Balaban J connectivity index is 1.73. The Morgan fingerprint density at radius 1 is 1.30 bits per heavy atom. The molecule has 2 atom stereocenters. The van der Waals surface area contributed by atoms with E-state index in [-0.39, 0.29) is 24.5 Å². The average molecular weight is 389 g/mol. The molecular formula is C14H16INO4. The van der Waals surface area contributed by atoms with Crippen molar-refractivity contribution in [3.8, 4) is 5.75 Å². The van der Waals surface area contributed by atoms with Crippen LogP contribution in [0, 0.1) is 9.49 Å². The number of halogens is 1. The van der Waals surface area contributed by atoms with Crippen LogP contribution in [0.25, 0.3) is 0 Å².